The lowest BCUT2D eigenvalue weighted by Crippen LogP contribution is -2.61. The van der Waals surface area contributed by atoms with E-state index in [2.05, 4.69) is 93.7 Å². The molecule has 0 radical (unpaired) electrons. The molecule has 6 atom stereocenters. The van der Waals surface area contributed by atoms with Gasteiger partial charge in [-0.2, -0.15) is 0 Å². The molecule has 75 heavy (non-hydrogen) atoms. The van der Waals surface area contributed by atoms with E-state index in [1.807, 2.05) is 0 Å². The Morgan fingerprint density at radius 1 is 0.440 bits per heavy atom. The summed E-state index contributed by atoms with van der Waals surface area (Å²) in [5, 5.41) is 31.5. The van der Waals surface area contributed by atoms with Crippen molar-refractivity contribution in [2.75, 3.05) is 13.2 Å². The number of carboxylic acids is 1. The molecule has 1 aliphatic rings. The highest BCUT2D eigenvalue weighted by atomic mass is 16.7. The highest BCUT2D eigenvalue weighted by Crippen LogP contribution is 2.26. The Kier molecular flexibility index (Phi) is 47.0. The minimum atomic E-state index is -1.91. The Bertz CT molecular complexity index is 1580. The summed E-state index contributed by atoms with van der Waals surface area (Å²) in [6.07, 6.45) is 51.5. The van der Waals surface area contributed by atoms with Gasteiger partial charge in [-0.25, -0.2) is 4.79 Å². The predicted molar refractivity (Wildman–Crippen MR) is 303 cm³/mol. The third-order valence-electron chi connectivity index (χ3n) is 13.2. The monoisotopic (exact) mass is 1050 g/mol. The maximum atomic E-state index is 13.1. The summed E-state index contributed by atoms with van der Waals surface area (Å²) in [7, 11) is 0. The van der Waals surface area contributed by atoms with E-state index in [9.17, 15) is 34.5 Å². The fraction of sp³-hybridized carbons (Fsp3) is 0.746. The summed E-state index contributed by atoms with van der Waals surface area (Å²) in [6.45, 7) is 5.85. The number of aliphatic hydroxyl groups is 2. The second-order valence-electron chi connectivity index (χ2n) is 20.3. The molecule has 1 aliphatic heterocycles. The number of rotatable bonds is 50. The van der Waals surface area contributed by atoms with Crippen LogP contribution >= 0.6 is 0 Å². The van der Waals surface area contributed by atoms with E-state index in [4.69, 9.17) is 23.7 Å². The summed E-state index contributed by atoms with van der Waals surface area (Å²) in [5.41, 5.74) is 0. The van der Waals surface area contributed by atoms with Crippen molar-refractivity contribution < 1.29 is 58.2 Å². The standard InChI is InChI=1S/C63H106O12/c1-4-7-10-13-16-19-22-25-27-28-30-32-34-37-40-43-46-49-55(64)71-52-54(73-56(65)50-47-44-41-38-35-31-24-21-18-15-12-9-6-3)53-72-63-61(59(68)58(67)60(75-63)62(69)70)74-57(66)51-48-45-42-39-36-33-29-26-23-20-17-14-11-8-5-2/h12,15-17,19-21,24-27,29,54,58-61,63,67-68H,4-11,13-14,18,22-23,28,30-53H2,1-3H3,(H,69,70)/b15-12-,19-16-,20-17-,24-21-,27-25-,29-26-. The van der Waals surface area contributed by atoms with Gasteiger partial charge in [0.25, 0.3) is 0 Å². The minimum Gasteiger partial charge on any atom is -0.479 e. The summed E-state index contributed by atoms with van der Waals surface area (Å²) in [6, 6.07) is 0. The second kappa shape index (κ2) is 50.9. The number of hydrogen-bond donors (Lipinski definition) is 3. The molecule has 0 aromatic carbocycles. The van der Waals surface area contributed by atoms with Crippen LogP contribution in [0.25, 0.3) is 0 Å². The molecule has 1 heterocycles. The van der Waals surface area contributed by atoms with Crippen LogP contribution in [0.5, 0.6) is 0 Å². The molecular formula is C63H106O12. The molecule has 6 unspecified atom stereocenters. The number of esters is 3. The second-order valence-corrected chi connectivity index (χ2v) is 20.3. The third kappa shape index (κ3) is 41.0. The average molecular weight is 1060 g/mol. The van der Waals surface area contributed by atoms with Crippen LogP contribution < -0.4 is 0 Å². The van der Waals surface area contributed by atoms with Crippen molar-refractivity contribution in [3.8, 4) is 0 Å². The van der Waals surface area contributed by atoms with Crippen molar-refractivity contribution in [1.29, 1.82) is 0 Å². The molecule has 12 nitrogen and oxygen atoms in total. The van der Waals surface area contributed by atoms with E-state index in [1.54, 1.807) is 0 Å². The third-order valence-corrected chi connectivity index (χ3v) is 13.2. The van der Waals surface area contributed by atoms with E-state index < -0.39 is 67.3 Å². The van der Waals surface area contributed by atoms with Gasteiger partial charge in [0.1, 0.15) is 18.8 Å². The molecule has 430 valence electrons. The van der Waals surface area contributed by atoms with Gasteiger partial charge >= 0.3 is 23.9 Å². The largest absolute Gasteiger partial charge is 0.479 e. The highest BCUT2D eigenvalue weighted by molar-refractivity contribution is 5.74. The molecule has 0 bridgehead atoms. The fourth-order valence-corrected chi connectivity index (χ4v) is 8.58. The Balaban J connectivity index is 2.70. The number of aliphatic hydroxyl groups excluding tert-OH is 2. The molecule has 0 aromatic rings. The zero-order valence-corrected chi connectivity index (χ0v) is 47.3. The number of carboxylic acid groups (broad SMARTS) is 1. The van der Waals surface area contributed by atoms with Gasteiger partial charge in [-0.3, -0.25) is 14.4 Å². The quantitative estimate of drug-likeness (QED) is 0.0228. The fourth-order valence-electron chi connectivity index (χ4n) is 8.58. The lowest BCUT2D eigenvalue weighted by molar-refractivity contribution is -0.301. The van der Waals surface area contributed by atoms with Crippen LogP contribution in [0.3, 0.4) is 0 Å². The summed E-state index contributed by atoms with van der Waals surface area (Å²) < 4.78 is 28.4. The van der Waals surface area contributed by atoms with Crippen molar-refractivity contribution in [3.05, 3.63) is 72.9 Å². The van der Waals surface area contributed by atoms with E-state index in [0.29, 0.717) is 19.3 Å². The number of aliphatic carboxylic acids is 1. The van der Waals surface area contributed by atoms with Crippen LogP contribution in [-0.2, 0) is 42.9 Å². The van der Waals surface area contributed by atoms with Crippen LogP contribution in [0.2, 0.25) is 0 Å². The van der Waals surface area contributed by atoms with Crippen molar-refractivity contribution in [1.82, 2.24) is 0 Å². The molecule has 12 heteroatoms. The van der Waals surface area contributed by atoms with Crippen molar-refractivity contribution in [2.24, 2.45) is 0 Å². The molecular weight excluding hydrogens is 949 g/mol. The molecule has 0 aliphatic carbocycles. The maximum absolute atomic E-state index is 13.1. The smallest absolute Gasteiger partial charge is 0.335 e. The van der Waals surface area contributed by atoms with Gasteiger partial charge < -0.3 is 39.0 Å². The van der Waals surface area contributed by atoms with E-state index >= 15 is 0 Å². The van der Waals surface area contributed by atoms with Crippen LogP contribution in [0, 0.1) is 0 Å². The Morgan fingerprint density at radius 3 is 1.25 bits per heavy atom. The molecule has 0 aromatic heterocycles. The van der Waals surface area contributed by atoms with E-state index in [1.165, 1.54) is 57.8 Å². The normalized spacial score (nSPS) is 18.7. The van der Waals surface area contributed by atoms with Gasteiger partial charge in [0, 0.05) is 19.3 Å². The van der Waals surface area contributed by atoms with Crippen LogP contribution in [0.4, 0.5) is 0 Å². The minimum absolute atomic E-state index is 0.0404. The van der Waals surface area contributed by atoms with E-state index in [-0.39, 0.29) is 25.9 Å². The number of unbranched alkanes of at least 4 members (excludes halogenated alkanes) is 24. The topological polar surface area (TPSA) is 175 Å². The van der Waals surface area contributed by atoms with Gasteiger partial charge in [-0.1, -0.05) is 196 Å². The van der Waals surface area contributed by atoms with Crippen LogP contribution in [0.15, 0.2) is 72.9 Å². The van der Waals surface area contributed by atoms with Gasteiger partial charge in [0.15, 0.2) is 24.6 Å². The summed E-state index contributed by atoms with van der Waals surface area (Å²) in [4.78, 5) is 51.1. The van der Waals surface area contributed by atoms with Crippen LogP contribution in [-0.4, -0.2) is 89.2 Å². The number of carbonyl (C=O) groups excluding carboxylic acids is 3. The Morgan fingerprint density at radius 2 is 0.827 bits per heavy atom. The first-order valence-electron chi connectivity index (χ1n) is 29.9. The molecule has 1 saturated heterocycles. The number of allylic oxidation sites excluding steroid dienone is 12. The summed E-state index contributed by atoms with van der Waals surface area (Å²) >= 11 is 0. The lowest BCUT2D eigenvalue weighted by atomic mass is 9.98. The number of carbonyl (C=O) groups is 4. The van der Waals surface area contributed by atoms with Crippen molar-refractivity contribution in [2.45, 2.75) is 289 Å². The maximum Gasteiger partial charge on any atom is 0.335 e. The van der Waals surface area contributed by atoms with Crippen molar-refractivity contribution >= 4 is 23.9 Å². The van der Waals surface area contributed by atoms with E-state index in [0.717, 1.165) is 135 Å². The average Bonchev–Trinajstić information content (AvgIpc) is 3.39. The van der Waals surface area contributed by atoms with Gasteiger partial charge in [0.2, 0.25) is 0 Å². The van der Waals surface area contributed by atoms with Gasteiger partial charge in [-0.05, 0) is 109 Å². The molecule has 0 saturated carbocycles. The van der Waals surface area contributed by atoms with Crippen molar-refractivity contribution in [3.63, 3.8) is 0 Å². The Labute approximate surface area is 455 Å². The molecule has 0 amide bonds. The zero-order chi connectivity index (χ0) is 54.7. The molecule has 1 fully saturated rings. The number of ether oxygens (including phenoxy) is 5. The first-order chi connectivity index (χ1) is 36.6. The summed E-state index contributed by atoms with van der Waals surface area (Å²) in [5.74, 6) is -3.16. The SMILES string of the molecule is CCC/C=C\C/C=C\CCCCCCCC(=O)OC(COC(=O)CCCCCCCCC/C=C\C/C=C\CCCCC)COC1OC(C(=O)O)C(O)C(O)C1OC(=O)CCCCCCC/C=C\C/C=C\CCCCC. The highest BCUT2D eigenvalue weighted by Gasteiger charge is 2.50. The first-order valence-corrected chi connectivity index (χ1v) is 29.9. The van der Waals surface area contributed by atoms with Gasteiger partial charge in [-0.15, -0.1) is 0 Å². The molecule has 3 N–H and O–H groups in total. The number of hydrogen-bond acceptors (Lipinski definition) is 11. The predicted octanol–water partition coefficient (Wildman–Crippen LogP) is 15.3. The van der Waals surface area contributed by atoms with Gasteiger partial charge in [0.05, 0.1) is 6.61 Å². The van der Waals surface area contributed by atoms with Crippen LogP contribution in [0.1, 0.15) is 252 Å². The molecule has 0 spiro atoms. The molecule has 1 rings (SSSR count). The lowest BCUT2D eigenvalue weighted by Gasteiger charge is -2.40. The first kappa shape index (κ1) is 69.2. The Hall–Kier alpha value is -3.84. The zero-order valence-electron chi connectivity index (χ0n) is 47.3.